The molecule has 0 aliphatic rings. The third-order valence-electron chi connectivity index (χ3n) is 4.85. The van der Waals surface area contributed by atoms with Crippen molar-refractivity contribution in [2.75, 3.05) is 6.61 Å². The Labute approximate surface area is 158 Å². The van der Waals surface area contributed by atoms with E-state index in [2.05, 4.69) is 62.4 Å². The number of hydrogen-bond acceptors (Lipinski definition) is 2. The second kappa shape index (κ2) is 11.5. The number of carbonyl (C=O) groups is 1. The van der Waals surface area contributed by atoms with Crippen LogP contribution in [0.25, 0.3) is 0 Å². The summed E-state index contributed by atoms with van der Waals surface area (Å²) >= 11 is 0. The molecule has 2 rings (SSSR count). The van der Waals surface area contributed by atoms with E-state index in [9.17, 15) is 4.79 Å². The van der Waals surface area contributed by atoms with Crippen LogP contribution >= 0.6 is 0 Å². The average molecular weight is 353 g/mol. The lowest BCUT2D eigenvalue weighted by Crippen LogP contribution is -2.08. The topological polar surface area (TPSA) is 26.3 Å². The summed E-state index contributed by atoms with van der Waals surface area (Å²) in [5.74, 6) is 0.349. The van der Waals surface area contributed by atoms with E-state index in [0.29, 0.717) is 19.0 Å². The van der Waals surface area contributed by atoms with E-state index in [1.54, 1.807) is 0 Å². The van der Waals surface area contributed by atoms with Crippen LogP contribution in [0.15, 0.2) is 48.5 Å². The van der Waals surface area contributed by atoms with Crippen molar-refractivity contribution >= 4 is 6.47 Å². The molecule has 0 spiro atoms. The van der Waals surface area contributed by atoms with Gasteiger partial charge in [0.15, 0.2) is 0 Å². The van der Waals surface area contributed by atoms with E-state index in [0.717, 1.165) is 19.3 Å². The van der Waals surface area contributed by atoms with Crippen molar-refractivity contribution in [1.29, 1.82) is 0 Å². The smallest absolute Gasteiger partial charge is 0.293 e. The van der Waals surface area contributed by atoms with Gasteiger partial charge in [0.1, 0.15) is 0 Å². The Balaban J connectivity index is 1.77. The second-order valence-corrected chi connectivity index (χ2v) is 7.33. The van der Waals surface area contributed by atoms with Gasteiger partial charge in [0.25, 0.3) is 6.47 Å². The summed E-state index contributed by atoms with van der Waals surface area (Å²) in [6.45, 7) is 5.36. The highest BCUT2D eigenvalue weighted by molar-refractivity contribution is 5.36. The summed E-state index contributed by atoms with van der Waals surface area (Å²) in [5.41, 5.74) is 5.54. The number of benzene rings is 2. The summed E-state index contributed by atoms with van der Waals surface area (Å²) in [6.07, 6.45) is 8.18. The molecule has 0 aliphatic carbocycles. The molecule has 0 saturated carbocycles. The van der Waals surface area contributed by atoms with Gasteiger partial charge < -0.3 is 4.74 Å². The van der Waals surface area contributed by atoms with Crippen LogP contribution in [-0.2, 0) is 35.2 Å². The van der Waals surface area contributed by atoms with E-state index in [4.69, 9.17) is 4.74 Å². The van der Waals surface area contributed by atoms with Gasteiger partial charge in [-0.3, -0.25) is 4.79 Å². The molecular formula is C24H32O2. The van der Waals surface area contributed by atoms with Crippen LogP contribution in [0.1, 0.15) is 55.4 Å². The largest absolute Gasteiger partial charge is 0.468 e. The van der Waals surface area contributed by atoms with Gasteiger partial charge in [0.2, 0.25) is 0 Å². The first-order valence-corrected chi connectivity index (χ1v) is 9.92. The fourth-order valence-corrected chi connectivity index (χ4v) is 3.25. The molecule has 0 saturated heterocycles. The van der Waals surface area contributed by atoms with E-state index in [1.807, 2.05) is 0 Å². The van der Waals surface area contributed by atoms with Crippen molar-refractivity contribution in [2.24, 2.45) is 5.92 Å². The molecule has 0 bridgehead atoms. The zero-order valence-corrected chi connectivity index (χ0v) is 16.2. The van der Waals surface area contributed by atoms with Crippen molar-refractivity contribution in [3.05, 3.63) is 70.8 Å². The Morgan fingerprint density at radius 1 is 0.808 bits per heavy atom. The van der Waals surface area contributed by atoms with Crippen LogP contribution in [0.2, 0.25) is 0 Å². The highest BCUT2D eigenvalue weighted by Gasteiger charge is 2.04. The van der Waals surface area contributed by atoms with Crippen molar-refractivity contribution in [2.45, 2.75) is 58.8 Å². The van der Waals surface area contributed by atoms with Crippen molar-refractivity contribution in [1.82, 2.24) is 0 Å². The Morgan fingerprint density at radius 3 is 1.81 bits per heavy atom. The molecule has 2 nitrogen and oxygen atoms in total. The fraction of sp³-hybridized carbons (Fsp3) is 0.458. The van der Waals surface area contributed by atoms with Crippen LogP contribution < -0.4 is 0 Å². The third kappa shape index (κ3) is 7.43. The second-order valence-electron chi connectivity index (χ2n) is 7.33. The number of rotatable bonds is 12. The highest BCUT2D eigenvalue weighted by Crippen LogP contribution is 2.14. The van der Waals surface area contributed by atoms with Crippen LogP contribution in [0.5, 0.6) is 0 Å². The van der Waals surface area contributed by atoms with E-state index in [-0.39, 0.29) is 0 Å². The predicted octanol–water partition coefficient (Wildman–Crippen LogP) is 5.56. The lowest BCUT2D eigenvalue weighted by atomic mass is 9.98. The van der Waals surface area contributed by atoms with Gasteiger partial charge in [-0.05, 0) is 60.3 Å². The monoisotopic (exact) mass is 352 g/mol. The third-order valence-corrected chi connectivity index (χ3v) is 4.85. The molecular weight excluding hydrogens is 320 g/mol. The molecule has 0 heterocycles. The van der Waals surface area contributed by atoms with Gasteiger partial charge in [0.05, 0.1) is 6.61 Å². The molecule has 2 aromatic rings. The molecule has 2 heteroatoms. The molecule has 1 atom stereocenters. The summed E-state index contributed by atoms with van der Waals surface area (Å²) in [4.78, 5) is 10.3. The molecule has 0 radical (unpaired) electrons. The molecule has 0 aliphatic heterocycles. The van der Waals surface area contributed by atoms with E-state index >= 15 is 0 Å². The SMILES string of the molecule is CCCCCc1ccc(CCc2ccc(CC(C)COC=O)cc2)cc1. The molecule has 1 unspecified atom stereocenters. The summed E-state index contributed by atoms with van der Waals surface area (Å²) in [6, 6.07) is 18.0. The minimum absolute atomic E-state index is 0.349. The number of unbranched alkanes of at least 4 members (excludes halogenated alkanes) is 2. The minimum atomic E-state index is 0.349. The molecule has 0 amide bonds. The standard InChI is InChI=1S/C24H32O2/c1-3-4-5-6-21-7-9-22(10-8-21)11-12-23-13-15-24(16-14-23)17-20(2)18-26-19-25/h7-10,13-16,19-20H,3-6,11-12,17-18H2,1-2H3. The number of carbonyl (C=O) groups excluding carboxylic acids is 1. The molecule has 140 valence electrons. The maximum atomic E-state index is 10.3. The maximum absolute atomic E-state index is 10.3. The van der Waals surface area contributed by atoms with Gasteiger partial charge in [-0.25, -0.2) is 0 Å². The summed E-state index contributed by atoms with van der Waals surface area (Å²) in [5, 5.41) is 0. The minimum Gasteiger partial charge on any atom is -0.468 e. The first kappa shape index (κ1) is 20.2. The van der Waals surface area contributed by atoms with Gasteiger partial charge in [-0.1, -0.05) is 75.2 Å². The van der Waals surface area contributed by atoms with Crippen LogP contribution in [0.4, 0.5) is 0 Å². The Hall–Kier alpha value is -2.09. The molecule has 0 fully saturated rings. The zero-order chi connectivity index (χ0) is 18.6. The van der Waals surface area contributed by atoms with Gasteiger partial charge in [-0.2, -0.15) is 0 Å². The molecule has 2 aromatic carbocycles. The predicted molar refractivity (Wildman–Crippen MR) is 108 cm³/mol. The van der Waals surface area contributed by atoms with E-state index in [1.165, 1.54) is 47.9 Å². The average Bonchev–Trinajstić information content (AvgIpc) is 2.67. The first-order chi connectivity index (χ1) is 12.7. The lowest BCUT2D eigenvalue weighted by Gasteiger charge is -2.10. The summed E-state index contributed by atoms with van der Waals surface area (Å²) in [7, 11) is 0. The zero-order valence-electron chi connectivity index (χ0n) is 16.2. The Morgan fingerprint density at radius 2 is 1.31 bits per heavy atom. The van der Waals surface area contributed by atoms with E-state index < -0.39 is 0 Å². The molecule has 0 aromatic heterocycles. The Kier molecular flexibility index (Phi) is 8.95. The van der Waals surface area contributed by atoms with Crippen molar-refractivity contribution in [3.8, 4) is 0 Å². The van der Waals surface area contributed by atoms with Gasteiger partial charge in [0, 0.05) is 0 Å². The normalized spacial score (nSPS) is 11.9. The Bertz CT molecular complexity index is 628. The maximum Gasteiger partial charge on any atom is 0.293 e. The van der Waals surface area contributed by atoms with Crippen molar-refractivity contribution < 1.29 is 9.53 Å². The quantitative estimate of drug-likeness (QED) is 0.369. The highest BCUT2D eigenvalue weighted by atomic mass is 16.5. The van der Waals surface area contributed by atoms with Gasteiger partial charge >= 0.3 is 0 Å². The fourth-order valence-electron chi connectivity index (χ4n) is 3.25. The number of hydrogen-bond donors (Lipinski definition) is 0. The van der Waals surface area contributed by atoms with Crippen molar-refractivity contribution in [3.63, 3.8) is 0 Å². The van der Waals surface area contributed by atoms with Crippen LogP contribution in [0, 0.1) is 5.92 Å². The number of ether oxygens (including phenoxy) is 1. The first-order valence-electron chi connectivity index (χ1n) is 9.92. The van der Waals surface area contributed by atoms with Crippen LogP contribution in [-0.4, -0.2) is 13.1 Å². The number of aryl methyl sites for hydroxylation is 3. The van der Waals surface area contributed by atoms with Crippen LogP contribution in [0.3, 0.4) is 0 Å². The van der Waals surface area contributed by atoms with Gasteiger partial charge in [-0.15, -0.1) is 0 Å². The summed E-state index contributed by atoms with van der Waals surface area (Å²) < 4.78 is 4.83. The lowest BCUT2D eigenvalue weighted by molar-refractivity contribution is -0.129. The molecule has 0 N–H and O–H groups in total. The molecule has 26 heavy (non-hydrogen) atoms.